The molecule has 3 fully saturated rings. The molecule has 3 aliphatic heterocycles. The Labute approximate surface area is 305 Å². The van der Waals surface area contributed by atoms with Gasteiger partial charge in [-0.2, -0.15) is 0 Å². The minimum Gasteiger partial charge on any atom is -0.459 e. The van der Waals surface area contributed by atoms with Gasteiger partial charge in [0.2, 0.25) is 0 Å². The number of esters is 1. The van der Waals surface area contributed by atoms with Crippen molar-refractivity contribution in [1.82, 2.24) is 10.2 Å². The van der Waals surface area contributed by atoms with Gasteiger partial charge in [0.1, 0.15) is 30.0 Å². The number of cyclic esters (lactones) is 1. The molecule has 3 aliphatic rings. The Hall–Kier alpha value is -1.01. The third-order valence-electron chi connectivity index (χ3n) is 11.9. The lowest BCUT2D eigenvalue weighted by Gasteiger charge is -2.48. The van der Waals surface area contributed by atoms with Crippen molar-refractivity contribution in [2.45, 2.75) is 185 Å². The van der Waals surface area contributed by atoms with Crippen molar-refractivity contribution in [1.29, 1.82) is 0 Å². The zero-order chi connectivity index (χ0) is 38.8. The minimum atomic E-state index is -1.80. The maximum atomic E-state index is 14.2. The van der Waals surface area contributed by atoms with Crippen LogP contribution in [0.3, 0.4) is 0 Å². The molecule has 18 atom stereocenters. The van der Waals surface area contributed by atoms with Crippen LogP contribution in [0.15, 0.2) is 0 Å². The summed E-state index contributed by atoms with van der Waals surface area (Å²) in [5.41, 5.74) is -4.37. The summed E-state index contributed by atoms with van der Waals surface area (Å²) < 4.78 is 37.3. The zero-order valence-corrected chi connectivity index (χ0v) is 33.2. The van der Waals surface area contributed by atoms with E-state index in [0.717, 1.165) is 0 Å². The number of rotatable bonds is 7. The van der Waals surface area contributed by atoms with Crippen LogP contribution in [0.25, 0.3) is 0 Å². The largest absolute Gasteiger partial charge is 0.459 e. The number of methoxy groups -OCH3 is 1. The van der Waals surface area contributed by atoms with E-state index in [4.69, 9.17) is 28.4 Å². The van der Waals surface area contributed by atoms with Gasteiger partial charge in [0.05, 0.1) is 41.5 Å². The second-order valence-corrected chi connectivity index (χ2v) is 16.5. The van der Waals surface area contributed by atoms with E-state index in [1.54, 1.807) is 48.6 Å². The van der Waals surface area contributed by atoms with Crippen LogP contribution < -0.4 is 5.32 Å². The second kappa shape index (κ2) is 17.6. The maximum absolute atomic E-state index is 14.2. The summed E-state index contributed by atoms with van der Waals surface area (Å²) in [6.07, 6.45) is -8.24. The fraction of sp³-hybridized carbons (Fsp3) is 0.973. The number of aliphatic hydroxyl groups excluding tert-OH is 3. The molecule has 0 spiro atoms. The molecule has 0 bridgehead atoms. The zero-order valence-electron chi connectivity index (χ0n) is 33.2. The molecular weight excluding hydrogens is 664 g/mol. The van der Waals surface area contributed by atoms with Crippen LogP contribution in [0.1, 0.15) is 94.9 Å². The lowest BCUT2D eigenvalue weighted by atomic mass is 9.77. The van der Waals surface area contributed by atoms with Crippen LogP contribution in [0, 0.1) is 17.8 Å². The van der Waals surface area contributed by atoms with Gasteiger partial charge in [0.25, 0.3) is 0 Å². The quantitative estimate of drug-likeness (QED) is 0.207. The number of hydrogen-bond donors (Lipinski definition) is 6. The number of aliphatic hydroxyl groups is 5. The second-order valence-electron chi connectivity index (χ2n) is 16.5. The summed E-state index contributed by atoms with van der Waals surface area (Å²) >= 11 is 0. The van der Waals surface area contributed by atoms with Crippen LogP contribution in [-0.4, -0.2) is 154 Å². The first-order valence-corrected chi connectivity index (χ1v) is 18.8. The number of ether oxygens (including phenoxy) is 6. The topological polar surface area (TPSA) is 189 Å². The first-order chi connectivity index (χ1) is 23.5. The molecule has 0 aromatic rings. The number of nitrogens with one attached hydrogen (secondary N) is 1. The Balaban J connectivity index is 2.16. The molecule has 0 radical (unpaired) electrons. The third kappa shape index (κ3) is 10.0. The molecule has 0 aromatic heterocycles. The number of nitrogens with zero attached hydrogens (tertiary/aromatic N) is 1. The monoisotopic (exact) mass is 734 g/mol. The molecule has 51 heavy (non-hydrogen) atoms. The Morgan fingerprint density at radius 1 is 0.961 bits per heavy atom. The Morgan fingerprint density at radius 2 is 1.59 bits per heavy atom. The van der Waals surface area contributed by atoms with Gasteiger partial charge in [-0.25, -0.2) is 0 Å². The summed E-state index contributed by atoms with van der Waals surface area (Å²) in [4.78, 5) is 16.1. The summed E-state index contributed by atoms with van der Waals surface area (Å²) in [5, 5.41) is 61.0. The van der Waals surface area contributed by atoms with Gasteiger partial charge in [-0.3, -0.25) is 4.79 Å². The number of carbonyl (C=O) groups is 1. The standard InChI is InChI=1S/C37H70N2O12/c1-14-26-37(10,45)30(41)23(6)39(12)18-19(2)16-35(8,44)32(51-34-28(40)25(38-11)15-20(3)47-34)21(4)29(22(5)33(43)49-26)50-27-17-36(9,46-13)31(42)24(7)48-27/h19-32,34,38,40-42,44-45H,14-18H2,1-13H3/t19-,20+,21+,22+,23+,24-,25-,26-,27+,28-,29+,30+,31+,32-,34-,35+,36-,37-/m0/s1. The SMILES string of the molecule is CC[C@@H]1OC(=O)[C@H](C)[C@H](O[C@@H]2C[C@](C)(OC)[C@H](O)[C@H](C)O2)[C@@H](C)[C@H](O[C@@H]2O[C@H](C)C[C@H](NC)[C@@H]2O)[C@](C)(O)C[C@H](C)CN(C)[C@H](C)[C@@H](O)[C@@]1(C)O. The van der Waals surface area contributed by atoms with Crippen molar-refractivity contribution in [2.24, 2.45) is 17.8 Å². The smallest absolute Gasteiger partial charge is 0.311 e. The lowest BCUT2D eigenvalue weighted by Crippen LogP contribution is -2.60. The molecule has 3 saturated heterocycles. The highest BCUT2D eigenvalue weighted by Crippen LogP contribution is 2.40. The highest BCUT2D eigenvalue weighted by molar-refractivity contribution is 5.73. The molecule has 0 amide bonds. The van der Waals surface area contributed by atoms with Crippen molar-refractivity contribution in [2.75, 3.05) is 27.7 Å². The van der Waals surface area contributed by atoms with Crippen molar-refractivity contribution < 1.29 is 58.7 Å². The van der Waals surface area contributed by atoms with Crippen LogP contribution in [0.2, 0.25) is 0 Å². The van der Waals surface area contributed by atoms with Gasteiger partial charge in [-0.05, 0) is 87.7 Å². The van der Waals surface area contributed by atoms with Gasteiger partial charge in [-0.1, -0.05) is 20.8 Å². The van der Waals surface area contributed by atoms with Crippen molar-refractivity contribution >= 4 is 5.97 Å². The average molecular weight is 735 g/mol. The van der Waals surface area contributed by atoms with E-state index in [1.165, 1.54) is 14.0 Å². The van der Waals surface area contributed by atoms with E-state index >= 15 is 0 Å². The highest BCUT2D eigenvalue weighted by Gasteiger charge is 2.52. The Morgan fingerprint density at radius 3 is 2.16 bits per heavy atom. The maximum Gasteiger partial charge on any atom is 0.311 e. The average Bonchev–Trinajstić information content (AvgIpc) is 3.05. The number of carbonyl (C=O) groups excluding carboxylic acids is 1. The van der Waals surface area contributed by atoms with Crippen molar-refractivity contribution in [3.8, 4) is 0 Å². The summed E-state index contributed by atoms with van der Waals surface area (Å²) in [7, 11) is 5.10. The third-order valence-corrected chi connectivity index (χ3v) is 11.9. The van der Waals surface area contributed by atoms with Gasteiger partial charge in [-0.15, -0.1) is 0 Å². The van der Waals surface area contributed by atoms with Gasteiger partial charge in [0, 0.05) is 38.1 Å². The molecule has 14 nitrogen and oxygen atoms in total. The van der Waals surface area contributed by atoms with Gasteiger partial charge < -0.3 is 64.2 Å². The van der Waals surface area contributed by atoms with Crippen LogP contribution >= 0.6 is 0 Å². The lowest BCUT2D eigenvalue weighted by molar-refractivity contribution is -0.316. The summed E-state index contributed by atoms with van der Waals surface area (Å²) in [6.45, 7) is 18.0. The molecule has 3 rings (SSSR count). The van der Waals surface area contributed by atoms with Crippen LogP contribution in [0.5, 0.6) is 0 Å². The number of likely N-dealkylation sites (N-methyl/N-ethyl adjacent to an activating group) is 2. The van der Waals surface area contributed by atoms with E-state index in [1.807, 2.05) is 32.7 Å². The van der Waals surface area contributed by atoms with E-state index in [-0.39, 0.29) is 37.3 Å². The predicted octanol–water partition coefficient (Wildman–Crippen LogP) is 1.56. The molecule has 6 N–H and O–H groups in total. The predicted molar refractivity (Wildman–Crippen MR) is 190 cm³/mol. The fourth-order valence-electron chi connectivity index (χ4n) is 8.53. The van der Waals surface area contributed by atoms with E-state index in [0.29, 0.717) is 13.0 Å². The van der Waals surface area contributed by atoms with E-state index in [9.17, 15) is 30.3 Å². The van der Waals surface area contributed by atoms with Crippen molar-refractivity contribution in [3.05, 3.63) is 0 Å². The Bertz CT molecular complexity index is 1110. The molecule has 0 aromatic carbocycles. The normalized spacial score (nSPS) is 50.2. The van der Waals surface area contributed by atoms with E-state index in [2.05, 4.69) is 5.32 Å². The van der Waals surface area contributed by atoms with E-state index < -0.39 is 96.0 Å². The molecule has 0 saturated carbocycles. The molecule has 300 valence electrons. The molecule has 0 aliphatic carbocycles. The van der Waals surface area contributed by atoms with Crippen LogP contribution in [-0.2, 0) is 33.2 Å². The first-order valence-electron chi connectivity index (χ1n) is 18.8. The van der Waals surface area contributed by atoms with Crippen molar-refractivity contribution in [3.63, 3.8) is 0 Å². The van der Waals surface area contributed by atoms with Gasteiger partial charge in [0.15, 0.2) is 12.6 Å². The Kier molecular flexibility index (Phi) is 15.3. The summed E-state index contributed by atoms with van der Waals surface area (Å²) in [6, 6.07) is -0.858. The first kappa shape index (κ1) is 44.4. The fourth-order valence-corrected chi connectivity index (χ4v) is 8.53. The summed E-state index contributed by atoms with van der Waals surface area (Å²) in [5.74, 6) is -2.59. The molecule has 3 heterocycles. The molecular formula is C37H70N2O12. The van der Waals surface area contributed by atoms with Crippen LogP contribution in [0.4, 0.5) is 0 Å². The minimum absolute atomic E-state index is 0.132. The van der Waals surface area contributed by atoms with Gasteiger partial charge >= 0.3 is 5.97 Å². The number of hydrogen-bond acceptors (Lipinski definition) is 14. The highest BCUT2D eigenvalue weighted by atomic mass is 16.7. The molecule has 0 unspecified atom stereocenters. The molecule has 14 heteroatoms.